The molecular formula is C29H26. The fourth-order valence-corrected chi connectivity index (χ4v) is 4.03. The van der Waals surface area contributed by atoms with Gasteiger partial charge < -0.3 is 0 Å². The Morgan fingerprint density at radius 3 is 1.97 bits per heavy atom. The average molecular weight is 375 g/mol. The first kappa shape index (κ1) is 19.2. The number of hydrogen-bond donors (Lipinski definition) is 0. The molecule has 0 heterocycles. The fourth-order valence-electron chi connectivity index (χ4n) is 4.03. The molecule has 0 aromatic heterocycles. The van der Waals surface area contributed by atoms with Gasteiger partial charge in [0.2, 0.25) is 0 Å². The summed E-state index contributed by atoms with van der Waals surface area (Å²) in [6, 6.07) is 41.0. The van der Waals surface area contributed by atoms with E-state index < -0.39 is 0 Å². The van der Waals surface area contributed by atoms with Crippen LogP contribution >= 0.6 is 0 Å². The van der Waals surface area contributed by atoms with E-state index in [1.807, 2.05) is 24.3 Å². The largest absolute Gasteiger partial charge is 0.0620 e. The summed E-state index contributed by atoms with van der Waals surface area (Å²) in [7, 11) is 0. The van der Waals surface area contributed by atoms with Crippen molar-refractivity contribution in [2.45, 2.75) is 32.1 Å². The number of aryl methyl sites for hydroxylation is 2. The van der Waals surface area contributed by atoms with Crippen molar-refractivity contribution < 1.29 is 0 Å². The molecule has 0 fully saturated rings. The van der Waals surface area contributed by atoms with E-state index in [9.17, 15) is 0 Å². The highest BCUT2D eigenvalue weighted by atomic mass is 14.2. The molecule has 0 N–H and O–H groups in total. The number of benzene rings is 4. The van der Waals surface area contributed by atoms with Crippen LogP contribution < -0.4 is 0 Å². The molecule has 1 unspecified atom stereocenters. The van der Waals surface area contributed by atoms with Gasteiger partial charge >= 0.3 is 0 Å². The van der Waals surface area contributed by atoms with Gasteiger partial charge in [0.15, 0.2) is 0 Å². The topological polar surface area (TPSA) is 0 Å². The van der Waals surface area contributed by atoms with Gasteiger partial charge in [-0.25, -0.2) is 0 Å². The van der Waals surface area contributed by atoms with Crippen molar-refractivity contribution in [1.82, 2.24) is 0 Å². The maximum Gasteiger partial charge on any atom is -0.0144 e. The van der Waals surface area contributed by atoms with E-state index in [1.54, 1.807) is 0 Å². The van der Waals surface area contributed by atoms with Crippen molar-refractivity contribution in [3.05, 3.63) is 131 Å². The van der Waals surface area contributed by atoms with Gasteiger partial charge in [-0.1, -0.05) is 104 Å². The average Bonchev–Trinajstić information content (AvgIpc) is 2.79. The van der Waals surface area contributed by atoms with Crippen molar-refractivity contribution in [3.8, 4) is 11.1 Å². The minimum Gasteiger partial charge on any atom is -0.0620 e. The van der Waals surface area contributed by atoms with E-state index in [-0.39, 0.29) is 0 Å². The Hall–Kier alpha value is -3.12. The molecule has 0 heteroatoms. The number of rotatable bonds is 7. The van der Waals surface area contributed by atoms with Gasteiger partial charge in [-0.15, -0.1) is 0 Å². The lowest BCUT2D eigenvalue weighted by atomic mass is 9.85. The second kappa shape index (κ2) is 9.39. The zero-order valence-corrected chi connectivity index (χ0v) is 16.9. The van der Waals surface area contributed by atoms with Crippen LogP contribution in [0.25, 0.3) is 11.1 Å². The smallest absolute Gasteiger partial charge is 0.0144 e. The second-order valence-electron chi connectivity index (χ2n) is 7.63. The summed E-state index contributed by atoms with van der Waals surface area (Å²) in [5.41, 5.74) is 8.04. The zero-order valence-electron chi connectivity index (χ0n) is 16.9. The van der Waals surface area contributed by atoms with Gasteiger partial charge in [0.25, 0.3) is 0 Å². The van der Waals surface area contributed by atoms with Gasteiger partial charge in [0, 0.05) is 0 Å². The van der Waals surface area contributed by atoms with Gasteiger partial charge in [-0.05, 0) is 70.7 Å². The lowest BCUT2D eigenvalue weighted by molar-refractivity contribution is 0.760. The third-order valence-electron chi connectivity index (χ3n) is 5.54. The summed E-state index contributed by atoms with van der Waals surface area (Å²) in [6.45, 7) is 2.32. The summed E-state index contributed by atoms with van der Waals surface area (Å²) in [6.07, 6.45) is 3.03. The molecule has 0 aliphatic heterocycles. The van der Waals surface area contributed by atoms with Crippen molar-refractivity contribution in [3.63, 3.8) is 0 Å². The SMILES string of the molecule is CC(Cc1[c]cccc1)c1ccccc1-c1ccccc1CCc1[c]cccc1. The molecular weight excluding hydrogens is 348 g/mol. The van der Waals surface area contributed by atoms with Crippen LogP contribution in [0.1, 0.15) is 35.1 Å². The molecule has 4 rings (SSSR count). The van der Waals surface area contributed by atoms with Crippen molar-refractivity contribution in [2.75, 3.05) is 0 Å². The van der Waals surface area contributed by atoms with Crippen molar-refractivity contribution in [1.29, 1.82) is 0 Å². The predicted octanol–water partition coefficient (Wildman–Crippen LogP) is 7.09. The Bertz CT molecular complexity index is 1030. The lowest BCUT2D eigenvalue weighted by Gasteiger charge is -2.19. The maximum absolute atomic E-state index is 3.37. The molecule has 29 heavy (non-hydrogen) atoms. The van der Waals surface area contributed by atoms with Crippen LogP contribution in [0, 0.1) is 12.1 Å². The summed E-state index contributed by atoms with van der Waals surface area (Å²) in [4.78, 5) is 0. The third-order valence-corrected chi connectivity index (χ3v) is 5.54. The van der Waals surface area contributed by atoms with Crippen LogP contribution in [0.2, 0.25) is 0 Å². The van der Waals surface area contributed by atoms with E-state index in [1.165, 1.54) is 33.4 Å². The van der Waals surface area contributed by atoms with Crippen LogP contribution in [0.4, 0.5) is 0 Å². The highest BCUT2D eigenvalue weighted by molar-refractivity contribution is 5.71. The van der Waals surface area contributed by atoms with E-state index in [0.717, 1.165) is 19.3 Å². The van der Waals surface area contributed by atoms with Gasteiger partial charge in [0.1, 0.15) is 0 Å². The molecule has 142 valence electrons. The summed E-state index contributed by atoms with van der Waals surface area (Å²) in [5, 5.41) is 0. The predicted molar refractivity (Wildman–Crippen MR) is 122 cm³/mol. The van der Waals surface area contributed by atoms with Crippen LogP contribution in [-0.4, -0.2) is 0 Å². The van der Waals surface area contributed by atoms with Gasteiger partial charge in [-0.3, -0.25) is 0 Å². The molecule has 0 nitrogen and oxygen atoms in total. The summed E-state index contributed by atoms with van der Waals surface area (Å²) < 4.78 is 0. The summed E-state index contributed by atoms with van der Waals surface area (Å²) in [5.74, 6) is 0.431. The van der Waals surface area contributed by atoms with E-state index in [4.69, 9.17) is 0 Å². The molecule has 0 saturated carbocycles. The molecule has 0 aliphatic rings. The van der Waals surface area contributed by atoms with Crippen molar-refractivity contribution >= 4 is 0 Å². The Morgan fingerprint density at radius 2 is 1.24 bits per heavy atom. The van der Waals surface area contributed by atoms with Crippen LogP contribution in [0.5, 0.6) is 0 Å². The maximum atomic E-state index is 3.37. The van der Waals surface area contributed by atoms with E-state index >= 15 is 0 Å². The molecule has 4 aromatic rings. The molecule has 0 saturated heterocycles. The fraction of sp³-hybridized carbons (Fsp3) is 0.172. The Labute approximate surface area is 174 Å². The second-order valence-corrected chi connectivity index (χ2v) is 7.63. The lowest BCUT2D eigenvalue weighted by Crippen LogP contribution is -2.02. The molecule has 0 aliphatic carbocycles. The zero-order chi connectivity index (χ0) is 19.9. The highest BCUT2D eigenvalue weighted by Crippen LogP contribution is 2.33. The first-order valence-electron chi connectivity index (χ1n) is 10.4. The number of hydrogen-bond acceptors (Lipinski definition) is 0. The Morgan fingerprint density at radius 1 is 0.621 bits per heavy atom. The molecule has 0 spiro atoms. The van der Waals surface area contributed by atoms with Crippen LogP contribution in [0.15, 0.2) is 97.1 Å². The monoisotopic (exact) mass is 374 g/mol. The highest BCUT2D eigenvalue weighted by Gasteiger charge is 2.14. The van der Waals surface area contributed by atoms with E-state index in [2.05, 4.69) is 91.9 Å². The van der Waals surface area contributed by atoms with E-state index in [0.29, 0.717) is 5.92 Å². The summed E-state index contributed by atoms with van der Waals surface area (Å²) >= 11 is 0. The minimum absolute atomic E-state index is 0.431. The standard InChI is InChI=1S/C29H26/c1-23(22-25-14-6-3-7-15-25)27-17-10-11-19-29(27)28-18-9-8-16-26(28)21-20-24-12-4-2-5-13-24/h2-12,14,16-19,23H,20-22H2,1H3. The third kappa shape index (κ3) is 4.84. The Balaban J connectivity index is 1.62. The minimum atomic E-state index is 0.431. The first-order valence-corrected chi connectivity index (χ1v) is 10.4. The Kier molecular flexibility index (Phi) is 6.22. The molecule has 4 aromatic carbocycles. The molecule has 2 radical (unpaired) electrons. The normalized spacial score (nSPS) is 11.9. The van der Waals surface area contributed by atoms with Crippen LogP contribution in [-0.2, 0) is 19.3 Å². The first-order chi connectivity index (χ1) is 14.3. The molecule has 1 atom stereocenters. The molecule has 0 amide bonds. The quantitative estimate of drug-likeness (QED) is 0.324. The van der Waals surface area contributed by atoms with Crippen molar-refractivity contribution in [2.24, 2.45) is 0 Å². The van der Waals surface area contributed by atoms with Gasteiger partial charge in [0.05, 0.1) is 0 Å². The van der Waals surface area contributed by atoms with Crippen LogP contribution in [0.3, 0.4) is 0 Å². The van der Waals surface area contributed by atoms with Gasteiger partial charge in [-0.2, -0.15) is 0 Å². The molecule has 0 bridgehead atoms.